The van der Waals surface area contributed by atoms with Crippen molar-refractivity contribution in [2.75, 3.05) is 32.7 Å². The monoisotopic (exact) mass is 354 g/mol. The summed E-state index contributed by atoms with van der Waals surface area (Å²) < 4.78 is 1.84. The Morgan fingerprint density at radius 1 is 1.23 bits per heavy atom. The van der Waals surface area contributed by atoms with Gasteiger partial charge >= 0.3 is 0 Å². The lowest BCUT2D eigenvalue weighted by atomic mass is 10.00. The van der Waals surface area contributed by atoms with Crippen LogP contribution in [-0.4, -0.2) is 58.5 Å². The Morgan fingerprint density at radius 2 is 2.04 bits per heavy atom. The first-order chi connectivity index (χ1) is 12.8. The average molecular weight is 354 g/mol. The molecule has 0 spiro atoms. The molecule has 2 aliphatic rings. The fourth-order valence-electron chi connectivity index (χ4n) is 3.79. The lowest BCUT2D eigenvalue weighted by Crippen LogP contribution is -2.37. The van der Waals surface area contributed by atoms with Crippen molar-refractivity contribution >= 4 is 5.91 Å². The molecular formula is C19H26N6O. The highest BCUT2D eigenvalue weighted by Crippen LogP contribution is 2.18. The Hall–Kier alpha value is -2.25. The Labute approximate surface area is 153 Å². The molecule has 1 saturated heterocycles. The van der Waals surface area contributed by atoms with E-state index in [4.69, 9.17) is 0 Å². The average Bonchev–Trinajstić information content (AvgIpc) is 3.19. The van der Waals surface area contributed by atoms with Gasteiger partial charge in [-0.1, -0.05) is 29.5 Å². The highest BCUT2D eigenvalue weighted by molar-refractivity contribution is 5.91. The van der Waals surface area contributed by atoms with Crippen LogP contribution in [0.2, 0.25) is 0 Å². The van der Waals surface area contributed by atoms with Crippen LogP contribution in [0.25, 0.3) is 0 Å². The SMILES string of the molecule is O=C(NCCN1CCc2ccccc2C1)c1cn(C2CCNCC2)nn1. The Bertz CT molecular complexity index is 752. The number of hydrogen-bond acceptors (Lipinski definition) is 5. The molecule has 1 amide bonds. The molecule has 0 radical (unpaired) electrons. The first-order valence-corrected chi connectivity index (χ1v) is 9.49. The largest absolute Gasteiger partial charge is 0.349 e. The number of carbonyl (C=O) groups is 1. The van der Waals surface area contributed by atoms with Crippen LogP contribution in [0.1, 0.15) is 40.5 Å². The smallest absolute Gasteiger partial charge is 0.273 e. The minimum absolute atomic E-state index is 0.136. The third-order valence-corrected chi connectivity index (χ3v) is 5.35. The molecule has 0 saturated carbocycles. The first kappa shape index (κ1) is 17.2. The molecule has 1 aromatic carbocycles. The minimum Gasteiger partial charge on any atom is -0.349 e. The van der Waals surface area contributed by atoms with Crippen LogP contribution < -0.4 is 10.6 Å². The summed E-state index contributed by atoms with van der Waals surface area (Å²) in [6.07, 6.45) is 4.92. The zero-order valence-corrected chi connectivity index (χ0v) is 15.0. The fraction of sp³-hybridized carbons (Fsp3) is 0.526. The van der Waals surface area contributed by atoms with Crippen LogP contribution >= 0.6 is 0 Å². The number of benzene rings is 1. The zero-order chi connectivity index (χ0) is 17.8. The highest BCUT2D eigenvalue weighted by Gasteiger charge is 2.19. The van der Waals surface area contributed by atoms with Gasteiger partial charge in [0.25, 0.3) is 5.91 Å². The maximum Gasteiger partial charge on any atom is 0.273 e. The van der Waals surface area contributed by atoms with Crippen molar-refractivity contribution in [2.45, 2.75) is 31.8 Å². The number of aromatic nitrogens is 3. The first-order valence-electron chi connectivity index (χ1n) is 9.49. The van der Waals surface area contributed by atoms with Gasteiger partial charge in [0.2, 0.25) is 0 Å². The van der Waals surface area contributed by atoms with Gasteiger partial charge in [-0.15, -0.1) is 5.10 Å². The van der Waals surface area contributed by atoms with Crippen LogP contribution in [0.5, 0.6) is 0 Å². The number of nitrogens with one attached hydrogen (secondary N) is 2. The van der Waals surface area contributed by atoms with E-state index in [1.54, 1.807) is 6.20 Å². The van der Waals surface area contributed by atoms with E-state index >= 15 is 0 Å². The third kappa shape index (κ3) is 3.94. The number of carbonyl (C=O) groups excluding carboxylic acids is 1. The Morgan fingerprint density at radius 3 is 2.88 bits per heavy atom. The van der Waals surface area contributed by atoms with E-state index in [1.807, 2.05) is 4.68 Å². The second-order valence-electron chi connectivity index (χ2n) is 7.12. The lowest BCUT2D eigenvalue weighted by molar-refractivity contribution is 0.0942. The maximum atomic E-state index is 12.3. The molecule has 0 unspecified atom stereocenters. The molecule has 138 valence electrons. The summed E-state index contributed by atoms with van der Waals surface area (Å²) in [6, 6.07) is 8.94. The van der Waals surface area contributed by atoms with Crippen molar-refractivity contribution < 1.29 is 4.79 Å². The third-order valence-electron chi connectivity index (χ3n) is 5.35. The number of hydrogen-bond donors (Lipinski definition) is 2. The summed E-state index contributed by atoms with van der Waals surface area (Å²) in [5.74, 6) is -0.136. The maximum absolute atomic E-state index is 12.3. The van der Waals surface area contributed by atoms with Gasteiger partial charge in [-0.3, -0.25) is 9.69 Å². The molecule has 2 aliphatic heterocycles. The standard InChI is InChI=1S/C19H26N6O/c26-19(18-14-25(23-22-18)17-5-8-20-9-6-17)21-10-12-24-11-7-15-3-1-2-4-16(15)13-24/h1-4,14,17,20H,5-13H2,(H,21,26). The van der Waals surface area contributed by atoms with E-state index < -0.39 is 0 Å². The summed E-state index contributed by atoms with van der Waals surface area (Å²) in [5.41, 5.74) is 3.25. The van der Waals surface area contributed by atoms with Crippen molar-refractivity contribution in [3.05, 3.63) is 47.3 Å². The van der Waals surface area contributed by atoms with Crippen molar-refractivity contribution in [1.82, 2.24) is 30.5 Å². The number of piperidine rings is 1. The van der Waals surface area contributed by atoms with Crippen molar-refractivity contribution in [1.29, 1.82) is 0 Å². The molecule has 26 heavy (non-hydrogen) atoms. The lowest BCUT2D eigenvalue weighted by Gasteiger charge is -2.28. The van der Waals surface area contributed by atoms with Gasteiger partial charge in [-0.25, -0.2) is 4.68 Å². The quantitative estimate of drug-likeness (QED) is 0.838. The number of amides is 1. The Balaban J connectivity index is 1.25. The molecule has 1 aromatic heterocycles. The second kappa shape index (κ2) is 7.97. The van der Waals surface area contributed by atoms with E-state index in [0.717, 1.165) is 52.0 Å². The summed E-state index contributed by atoms with van der Waals surface area (Å²) >= 11 is 0. The zero-order valence-electron chi connectivity index (χ0n) is 15.0. The predicted octanol–water partition coefficient (Wildman–Crippen LogP) is 0.991. The van der Waals surface area contributed by atoms with Gasteiger partial charge in [0.1, 0.15) is 0 Å². The minimum atomic E-state index is -0.136. The van der Waals surface area contributed by atoms with E-state index in [9.17, 15) is 4.79 Å². The topological polar surface area (TPSA) is 75.1 Å². The van der Waals surface area contributed by atoms with Crippen molar-refractivity contribution in [3.8, 4) is 0 Å². The normalized spacial score (nSPS) is 18.5. The predicted molar refractivity (Wildman–Crippen MR) is 98.9 cm³/mol. The van der Waals surface area contributed by atoms with E-state index in [1.165, 1.54) is 11.1 Å². The fourth-order valence-corrected chi connectivity index (χ4v) is 3.79. The molecule has 1 fully saturated rings. The number of rotatable bonds is 5. The van der Waals surface area contributed by atoms with E-state index in [-0.39, 0.29) is 5.91 Å². The molecular weight excluding hydrogens is 328 g/mol. The summed E-state index contributed by atoms with van der Waals surface area (Å²) in [6.45, 7) is 5.45. The van der Waals surface area contributed by atoms with Crippen LogP contribution in [0, 0.1) is 0 Å². The highest BCUT2D eigenvalue weighted by atomic mass is 16.2. The second-order valence-corrected chi connectivity index (χ2v) is 7.12. The molecule has 3 heterocycles. The van der Waals surface area contributed by atoms with Crippen LogP contribution in [0.15, 0.2) is 30.5 Å². The molecule has 7 nitrogen and oxygen atoms in total. The summed E-state index contributed by atoms with van der Waals surface area (Å²) in [4.78, 5) is 14.7. The van der Waals surface area contributed by atoms with Crippen LogP contribution in [0.4, 0.5) is 0 Å². The van der Waals surface area contributed by atoms with E-state index in [2.05, 4.69) is 50.1 Å². The molecule has 0 atom stereocenters. The molecule has 0 bridgehead atoms. The molecule has 0 aliphatic carbocycles. The van der Waals surface area contributed by atoms with Crippen LogP contribution in [-0.2, 0) is 13.0 Å². The van der Waals surface area contributed by atoms with Gasteiger partial charge < -0.3 is 10.6 Å². The van der Waals surface area contributed by atoms with Gasteiger partial charge in [0.15, 0.2) is 5.69 Å². The van der Waals surface area contributed by atoms with Crippen molar-refractivity contribution in [3.63, 3.8) is 0 Å². The summed E-state index contributed by atoms with van der Waals surface area (Å²) in [7, 11) is 0. The van der Waals surface area contributed by atoms with E-state index in [0.29, 0.717) is 18.3 Å². The van der Waals surface area contributed by atoms with Gasteiger partial charge in [-0.05, 0) is 43.5 Å². The molecule has 7 heteroatoms. The molecule has 4 rings (SSSR count). The van der Waals surface area contributed by atoms with Crippen LogP contribution in [0.3, 0.4) is 0 Å². The summed E-state index contributed by atoms with van der Waals surface area (Å²) in [5, 5.41) is 14.5. The number of fused-ring (bicyclic) bond motifs is 1. The number of nitrogens with zero attached hydrogens (tertiary/aromatic N) is 4. The molecule has 2 aromatic rings. The van der Waals surface area contributed by atoms with Gasteiger partial charge in [-0.2, -0.15) is 0 Å². The van der Waals surface area contributed by atoms with Crippen molar-refractivity contribution in [2.24, 2.45) is 0 Å². The van der Waals surface area contributed by atoms with Gasteiger partial charge in [0, 0.05) is 26.2 Å². The Kier molecular flexibility index (Phi) is 5.26. The van der Waals surface area contributed by atoms with Gasteiger partial charge in [0.05, 0.1) is 12.2 Å². The molecule has 2 N–H and O–H groups in total.